The van der Waals surface area contributed by atoms with Crippen LogP contribution in [0.5, 0.6) is 5.75 Å². The smallest absolute Gasteiger partial charge is 0.355 e. The van der Waals surface area contributed by atoms with Crippen LogP contribution in [0, 0.1) is 16.0 Å². The molecule has 1 saturated heterocycles. The number of fused-ring (bicyclic) bond motifs is 1. The van der Waals surface area contributed by atoms with Gasteiger partial charge in [0.15, 0.2) is 5.71 Å². The summed E-state index contributed by atoms with van der Waals surface area (Å²) in [4.78, 5) is 48.6. The third-order valence-electron chi connectivity index (χ3n) is 4.03. The van der Waals surface area contributed by atoms with Gasteiger partial charge in [0.05, 0.1) is 24.7 Å². The number of hydrogen-bond acceptors (Lipinski definition) is 9. The number of imide groups is 1. The molecule has 0 saturated carbocycles. The minimum atomic E-state index is -1.19. The number of nitrogens with zero attached hydrogens (tertiary/aromatic N) is 3. The predicted octanol–water partition coefficient (Wildman–Crippen LogP) is -0.0163. The first kappa shape index (κ1) is 17.3. The van der Waals surface area contributed by atoms with Crippen molar-refractivity contribution in [3.05, 3.63) is 28.3 Å². The van der Waals surface area contributed by atoms with Crippen molar-refractivity contribution in [2.75, 3.05) is 18.6 Å². The van der Waals surface area contributed by atoms with Gasteiger partial charge in [-0.25, -0.2) is 9.69 Å². The number of anilines is 1. The Balaban J connectivity index is 2.00. The quantitative estimate of drug-likeness (QED) is 0.333. The van der Waals surface area contributed by atoms with Crippen molar-refractivity contribution in [2.24, 2.45) is 11.0 Å². The van der Waals surface area contributed by atoms with E-state index in [1.807, 2.05) is 0 Å². The average molecular weight is 362 g/mol. The molecule has 2 unspecified atom stereocenters. The van der Waals surface area contributed by atoms with E-state index in [1.165, 1.54) is 19.2 Å². The van der Waals surface area contributed by atoms with Gasteiger partial charge in [0.2, 0.25) is 5.91 Å². The highest BCUT2D eigenvalue weighted by molar-refractivity contribution is 6.46. The van der Waals surface area contributed by atoms with Gasteiger partial charge in [-0.3, -0.25) is 25.1 Å². The maximum atomic E-state index is 12.8. The van der Waals surface area contributed by atoms with E-state index < -0.39 is 40.4 Å². The Kier molecular flexibility index (Phi) is 4.28. The molecule has 1 N–H and O–H groups in total. The molecule has 2 atom stereocenters. The molecule has 1 aromatic rings. The van der Waals surface area contributed by atoms with Crippen LogP contribution in [-0.2, 0) is 19.1 Å². The van der Waals surface area contributed by atoms with Gasteiger partial charge in [-0.1, -0.05) is 0 Å². The van der Waals surface area contributed by atoms with E-state index in [-0.39, 0.29) is 23.8 Å². The van der Waals surface area contributed by atoms with Gasteiger partial charge in [0.25, 0.3) is 11.6 Å². The van der Waals surface area contributed by atoms with Crippen LogP contribution >= 0.6 is 0 Å². The third kappa shape index (κ3) is 2.53. The maximum absolute atomic E-state index is 12.8. The molecule has 2 heterocycles. The first-order valence-electron chi connectivity index (χ1n) is 7.61. The molecular weight excluding hydrogens is 348 g/mol. The summed E-state index contributed by atoms with van der Waals surface area (Å²) in [5.74, 6) is -3.34. The molecule has 1 fully saturated rings. The summed E-state index contributed by atoms with van der Waals surface area (Å²) < 4.78 is 9.78. The molecule has 0 aromatic heterocycles. The highest BCUT2D eigenvalue weighted by atomic mass is 16.6. The fraction of sp³-hybridized carbons (Fsp3) is 0.333. The zero-order chi connectivity index (χ0) is 19.0. The summed E-state index contributed by atoms with van der Waals surface area (Å²) in [7, 11) is 1.33. The Morgan fingerprint density at radius 1 is 1.38 bits per heavy atom. The van der Waals surface area contributed by atoms with Crippen LogP contribution in [0.2, 0.25) is 0 Å². The molecule has 2 amide bonds. The number of carbonyl (C=O) groups excluding carboxylic acids is 3. The second-order valence-electron chi connectivity index (χ2n) is 5.43. The normalized spacial score (nSPS) is 21.2. The standard InChI is InChI=1S/C15H14N4O7/c1-3-26-15(22)12-10-11(16-17-12)14(21)18(13(10)20)8-5-4-7(25-2)6-9(8)19(23)24/h4-6,10-11,16H,3H2,1-2H3. The van der Waals surface area contributed by atoms with Gasteiger partial charge >= 0.3 is 5.97 Å². The zero-order valence-electron chi connectivity index (χ0n) is 13.8. The number of carbonyl (C=O) groups is 3. The molecule has 0 aliphatic carbocycles. The van der Waals surface area contributed by atoms with E-state index in [4.69, 9.17) is 9.47 Å². The lowest BCUT2D eigenvalue weighted by Gasteiger charge is -2.16. The zero-order valence-corrected chi connectivity index (χ0v) is 13.8. The van der Waals surface area contributed by atoms with Crippen LogP contribution in [0.15, 0.2) is 23.3 Å². The van der Waals surface area contributed by atoms with Crippen molar-refractivity contribution in [3.63, 3.8) is 0 Å². The number of methoxy groups -OCH3 is 1. The number of rotatable bonds is 5. The maximum Gasteiger partial charge on any atom is 0.355 e. The number of hydrogen-bond donors (Lipinski definition) is 1. The van der Waals surface area contributed by atoms with Crippen molar-refractivity contribution < 1.29 is 28.8 Å². The Morgan fingerprint density at radius 2 is 2.12 bits per heavy atom. The van der Waals surface area contributed by atoms with E-state index in [1.54, 1.807) is 6.92 Å². The van der Waals surface area contributed by atoms with Gasteiger partial charge < -0.3 is 9.47 Å². The molecule has 2 aliphatic heterocycles. The molecule has 11 heteroatoms. The Morgan fingerprint density at radius 3 is 2.73 bits per heavy atom. The second kappa shape index (κ2) is 6.43. The molecule has 0 bridgehead atoms. The van der Waals surface area contributed by atoms with Crippen molar-refractivity contribution in [1.82, 2.24) is 5.43 Å². The summed E-state index contributed by atoms with van der Waals surface area (Å²) >= 11 is 0. The van der Waals surface area contributed by atoms with Crippen LogP contribution in [0.25, 0.3) is 0 Å². The molecule has 3 rings (SSSR count). The number of ether oxygens (including phenoxy) is 2. The minimum absolute atomic E-state index is 0.0744. The van der Waals surface area contributed by atoms with Gasteiger partial charge in [0.1, 0.15) is 23.4 Å². The van der Waals surface area contributed by atoms with Crippen molar-refractivity contribution in [3.8, 4) is 5.75 Å². The number of hydrazone groups is 1. The van der Waals surface area contributed by atoms with Gasteiger partial charge in [-0.05, 0) is 19.1 Å². The summed E-state index contributed by atoms with van der Waals surface area (Å²) in [5.41, 5.74) is 1.54. The lowest BCUT2D eigenvalue weighted by Crippen LogP contribution is -2.36. The summed E-state index contributed by atoms with van der Waals surface area (Å²) in [5, 5.41) is 15.1. The second-order valence-corrected chi connectivity index (χ2v) is 5.43. The van der Waals surface area contributed by atoms with Crippen molar-refractivity contribution >= 4 is 34.9 Å². The molecule has 26 heavy (non-hydrogen) atoms. The Bertz CT molecular complexity index is 850. The number of esters is 1. The highest BCUT2D eigenvalue weighted by Gasteiger charge is 2.56. The molecule has 1 aromatic carbocycles. The van der Waals surface area contributed by atoms with Crippen LogP contribution in [0.3, 0.4) is 0 Å². The predicted molar refractivity (Wildman–Crippen MR) is 86.6 cm³/mol. The first-order valence-corrected chi connectivity index (χ1v) is 7.61. The molecule has 2 aliphatic rings. The summed E-state index contributed by atoms with van der Waals surface area (Å²) in [6, 6.07) is 2.64. The van der Waals surface area contributed by atoms with Gasteiger partial charge in [0, 0.05) is 0 Å². The summed E-state index contributed by atoms with van der Waals surface area (Å²) in [6.45, 7) is 1.66. The number of nitrogens with one attached hydrogen (secondary N) is 1. The first-order chi connectivity index (χ1) is 12.4. The largest absolute Gasteiger partial charge is 0.496 e. The lowest BCUT2D eigenvalue weighted by molar-refractivity contribution is -0.384. The van der Waals surface area contributed by atoms with Gasteiger partial charge in [-0.15, -0.1) is 0 Å². The SMILES string of the molecule is CCOC(=O)C1=NNC2C(=O)N(c3ccc(OC)cc3[N+](=O)[O-])C(=O)C12. The topological polar surface area (TPSA) is 140 Å². The van der Waals surface area contributed by atoms with E-state index in [0.717, 1.165) is 6.07 Å². The highest BCUT2D eigenvalue weighted by Crippen LogP contribution is 2.37. The Labute approximate surface area is 146 Å². The van der Waals surface area contributed by atoms with E-state index >= 15 is 0 Å². The monoisotopic (exact) mass is 362 g/mol. The van der Waals surface area contributed by atoms with Crippen LogP contribution < -0.4 is 15.1 Å². The van der Waals surface area contributed by atoms with E-state index in [9.17, 15) is 24.5 Å². The van der Waals surface area contributed by atoms with Crippen molar-refractivity contribution in [2.45, 2.75) is 13.0 Å². The van der Waals surface area contributed by atoms with Crippen LogP contribution in [0.1, 0.15) is 6.92 Å². The molecule has 0 spiro atoms. The molecule has 136 valence electrons. The van der Waals surface area contributed by atoms with Crippen LogP contribution in [0.4, 0.5) is 11.4 Å². The number of benzene rings is 1. The molecule has 0 radical (unpaired) electrons. The summed E-state index contributed by atoms with van der Waals surface area (Å²) in [6.07, 6.45) is 0. The van der Waals surface area contributed by atoms with Crippen molar-refractivity contribution in [1.29, 1.82) is 0 Å². The fourth-order valence-electron chi connectivity index (χ4n) is 2.87. The minimum Gasteiger partial charge on any atom is -0.496 e. The lowest BCUT2D eigenvalue weighted by atomic mass is 9.99. The molecular formula is C15H14N4O7. The van der Waals surface area contributed by atoms with Crippen LogP contribution in [-0.4, -0.2) is 48.2 Å². The third-order valence-corrected chi connectivity index (χ3v) is 4.03. The van der Waals surface area contributed by atoms with E-state index in [0.29, 0.717) is 4.90 Å². The molecule has 11 nitrogen and oxygen atoms in total. The Hall–Kier alpha value is -3.50. The number of amides is 2. The number of nitro benzene ring substituents is 1. The number of nitro groups is 1. The fourth-order valence-corrected chi connectivity index (χ4v) is 2.87. The van der Waals surface area contributed by atoms with E-state index in [2.05, 4.69) is 10.5 Å². The average Bonchev–Trinajstić information content (AvgIpc) is 3.15. The van der Waals surface area contributed by atoms with Gasteiger partial charge in [-0.2, -0.15) is 5.10 Å².